The minimum Gasteiger partial charge on any atom is -0.489 e. The summed E-state index contributed by atoms with van der Waals surface area (Å²) < 4.78 is 19.3. The molecule has 1 N–H and O–H groups in total. The molecule has 0 amide bonds. The van der Waals surface area contributed by atoms with Crippen LogP contribution in [-0.2, 0) is 13.2 Å². The fourth-order valence-electron chi connectivity index (χ4n) is 1.97. The van der Waals surface area contributed by atoms with Gasteiger partial charge in [-0.2, -0.15) is 0 Å². The van der Waals surface area contributed by atoms with E-state index in [1.807, 2.05) is 24.3 Å². The maximum absolute atomic E-state index is 13.7. The Kier molecular flexibility index (Phi) is 6.22. The molecule has 0 spiro atoms. The van der Waals surface area contributed by atoms with E-state index in [-0.39, 0.29) is 12.4 Å². The lowest BCUT2D eigenvalue weighted by Gasteiger charge is -2.12. The highest BCUT2D eigenvalue weighted by molar-refractivity contribution is 6.31. The quantitative estimate of drug-likeness (QED) is 0.779. The van der Waals surface area contributed by atoms with Gasteiger partial charge >= 0.3 is 0 Å². The molecule has 0 aromatic heterocycles. The van der Waals surface area contributed by atoms with Crippen molar-refractivity contribution >= 4 is 11.6 Å². The summed E-state index contributed by atoms with van der Waals surface area (Å²) in [7, 11) is 0. The van der Waals surface area contributed by atoms with E-state index in [2.05, 4.69) is 19.2 Å². The monoisotopic (exact) mass is 321 g/mol. The van der Waals surface area contributed by atoms with Gasteiger partial charge < -0.3 is 10.1 Å². The first kappa shape index (κ1) is 16.8. The van der Waals surface area contributed by atoms with Crippen molar-refractivity contribution < 1.29 is 9.13 Å². The number of hydrogen-bond donors (Lipinski definition) is 1. The molecule has 0 heterocycles. The molecule has 1 unspecified atom stereocenters. The van der Waals surface area contributed by atoms with E-state index in [0.29, 0.717) is 22.4 Å². The van der Waals surface area contributed by atoms with Crippen LogP contribution in [0.3, 0.4) is 0 Å². The van der Waals surface area contributed by atoms with Crippen molar-refractivity contribution in [3.63, 3.8) is 0 Å². The van der Waals surface area contributed by atoms with Crippen LogP contribution in [0.5, 0.6) is 5.75 Å². The largest absolute Gasteiger partial charge is 0.489 e. The van der Waals surface area contributed by atoms with Gasteiger partial charge in [0.15, 0.2) is 0 Å². The van der Waals surface area contributed by atoms with Crippen molar-refractivity contribution in [3.8, 4) is 5.75 Å². The smallest absolute Gasteiger partial charge is 0.131 e. The topological polar surface area (TPSA) is 21.3 Å². The van der Waals surface area contributed by atoms with Gasteiger partial charge in [-0.3, -0.25) is 0 Å². The zero-order valence-electron chi connectivity index (χ0n) is 12.9. The van der Waals surface area contributed by atoms with Gasteiger partial charge in [-0.15, -0.1) is 0 Å². The number of hydrogen-bond acceptors (Lipinski definition) is 2. The van der Waals surface area contributed by atoms with Gasteiger partial charge in [0.05, 0.1) is 5.02 Å². The Balaban J connectivity index is 1.91. The van der Waals surface area contributed by atoms with Crippen molar-refractivity contribution in [2.24, 2.45) is 0 Å². The molecule has 0 saturated carbocycles. The molecule has 22 heavy (non-hydrogen) atoms. The summed E-state index contributed by atoms with van der Waals surface area (Å²) in [5, 5.41) is 3.82. The molecule has 2 aromatic rings. The standard InChI is InChI=1S/C18H21ClFNO/c1-3-13(2)21-11-14-7-9-15(10-8-14)22-12-16-17(19)5-4-6-18(16)20/h4-10,13,21H,3,11-12H2,1-2H3. The molecule has 0 aliphatic heterocycles. The lowest BCUT2D eigenvalue weighted by Crippen LogP contribution is -2.24. The number of benzene rings is 2. The lowest BCUT2D eigenvalue weighted by molar-refractivity contribution is 0.300. The minimum absolute atomic E-state index is 0.121. The van der Waals surface area contributed by atoms with Crippen molar-refractivity contribution in [3.05, 3.63) is 64.4 Å². The van der Waals surface area contributed by atoms with Crippen molar-refractivity contribution in [1.82, 2.24) is 5.32 Å². The van der Waals surface area contributed by atoms with Crippen molar-refractivity contribution in [2.45, 2.75) is 39.5 Å². The average Bonchev–Trinajstić information content (AvgIpc) is 2.53. The van der Waals surface area contributed by atoms with Gasteiger partial charge in [0, 0.05) is 18.2 Å². The van der Waals surface area contributed by atoms with Gasteiger partial charge in [-0.1, -0.05) is 36.7 Å². The van der Waals surface area contributed by atoms with E-state index in [1.54, 1.807) is 12.1 Å². The molecule has 0 bridgehead atoms. The predicted octanol–water partition coefficient (Wildman–Crippen LogP) is 4.95. The highest BCUT2D eigenvalue weighted by Gasteiger charge is 2.07. The van der Waals surface area contributed by atoms with E-state index in [1.165, 1.54) is 11.6 Å². The molecular weight excluding hydrogens is 301 g/mol. The van der Waals surface area contributed by atoms with E-state index in [9.17, 15) is 4.39 Å². The third-order valence-corrected chi connectivity index (χ3v) is 3.99. The van der Waals surface area contributed by atoms with Crippen LogP contribution in [0.25, 0.3) is 0 Å². The van der Waals surface area contributed by atoms with Crippen LogP contribution in [0.15, 0.2) is 42.5 Å². The van der Waals surface area contributed by atoms with Gasteiger partial charge in [-0.05, 0) is 43.2 Å². The molecule has 2 nitrogen and oxygen atoms in total. The second-order valence-electron chi connectivity index (χ2n) is 5.32. The highest BCUT2D eigenvalue weighted by Crippen LogP contribution is 2.21. The number of halogens is 2. The Morgan fingerprint density at radius 3 is 2.55 bits per heavy atom. The third kappa shape index (κ3) is 4.72. The number of ether oxygens (including phenoxy) is 1. The molecule has 2 rings (SSSR count). The molecule has 1 atom stereocenters. The second-order valence-corrected chi connectivity index (χ2v) is 5.73. The fourth-order valence-corrected chi connectivity index (χ4v) is 2.18. The summed E-state index contributed by atoms with van der Waals surface area (Å²) in [5.74, 6) is 0.355. The van der Waals surface area contributed by atoms with Crippen molar-refractivity contribution in [1.29, 1.82) is 0 Å². The molecule has 0 aliphatic rings. The first-order valence-corrected chi connectivity index (χ1v) is 7.86. The van der Waals surface area contributed by atoms with Crippen LogP contribution in [-0.4, -0.2) is 6.04 Å². The Labute approximate surface area is 136 Å². The Morgan fingerprint density at radius 1 is 1.18 bits per heavy atom. The number of nitrogens with one attached hydrogen (secondary N) is 1. The van der Waals surface area contributed by atoms with Crippen LogP contribution in [0.2, 0.25) is 5.02 Å². The maximum Gasteiger partial charge on any atom is 0.131 e. The summed E-state index contributed by atoms with van der Waals surface area (Å²) in [5.41, 5.74) is 1.57. The van der Waals surface area contributed by atoms with E-state index < -0.39 is 0 Å². The van der Waals surface area contributed by atoms with Gasteiger partial charge in [-0.25, -0.2) is 4.39 Å². The summed E-state index contributed by atoms with van der Waals surface area (Å²) in [4.78, 5) is 0. The first-order chi connectivity index (χ1) is 10.6. The summed E-state index contributed by atoms with van der Waals surface area (Å²) in [6, 6.07) is 12.9. The molecule has 0 saturated heterocycles. The van der Waals surface area contributed by atoms with E-state index >= 15 is 0 Å². The number of rotatable bonds is 7. The van der Waals surface area contributed by atoms with E-state index in [0.717, 1.165) is 13.0 Å². The van der Waals surface area contributed by atoms with Crippen LogP contribution in [0, 0.1) is 5.82 Å². The SMILES string of the molecule is CCC(C)NCc1ccc(OCc2c(F)cccc2Cl)cc1. The molecular formula is C18H21ClFNO. The Hall–Kier alpha value is -1.58. The van der Waals surface area contributed by atoms with Gasteiger partial charge in [0.1, 0.15) is 18.2 Å². The summed E-state index contributed by atoms with van der Waals surface area (Å²) >= 11 is 5.98. The second kappa shape index (κ2) is 8.16. The van der Waals surface area contributed by atoms with Crippen molar-refractivity contribution in [2.75, 3.05) is 0 Å². The van der Waals surface area contributed by atoms with Crippen LogP contribution < -0.4 is 10.1 Å². The van der Waals surface area contributed by atoms with Gasteiger partial charge in [0.2, 0.25) is 0 Å². The first-order valence-electron chi connectivity index (χ1n) is 7.48. The summed E-state index contributed by atoms with van der Waals surface area (Å²) in [6.07, 6.45) is 1.10. The molecule has 4 heteroatoms. The molecule has 2 aromatic carbocycles. The maximum atomic E-state index is 13.7. The fraction of sp³-hybridized carbons (Fsp3) is 0.333. The van der Waals surface area contributed by atoms with Gasteiger partial charge in [0.25, 0.3) is 0 Å². The molecule has 0 fully saturated rings. The normalized spacial score (nSPS) is 12.2. The highest BCUT2D eigenvalue weighted by atomic mass is 35.5. The molecule has 118 valence electrons. The predicted molar refractivity (Wildman–Crippen MR) is 88.8 cm³/mol. The Bertz CT molecular complexity index is 580. The zero-order chi connectivity index (χ0) is 15.9. The van der Waals surface area contributed by atoms with E-state index in [4.69, 9.17) is 16.3 Å². The lowest BCUT2D eigenvalue weighted by atomic mass is 10.2. The average molecular weight is 322 g/mol. The minimum atomic E-state index is -0.345. The molecule has 0 aliphatic carbocycles. The summed E-state index contributed by atoms with van der Waals surface area (Å²) in [6.45, 7) is 5.27. The third-order valence-electron chi connectivity index (χ3n) is 3.64. The zero-order valence-corrected chi connectivity index (χ0v) is 13.7. The van der Waals surface area contributed by atoms with Crippen LogP contribution in [0.1, 0.15) is 31.4 Å². The van der Waals surface area contributed by atoms with Crippen LogP contribution in [0.4, 0.5) is 4.39 Å². The molecule has 0 radical (unpaired) electrons. The Morgan fingerprint density at radius 2 is 1.91 bits per heavy atom. The van der Waals surface area contributed by atoms with Crippen LogP contribution >= 0.6 is 11.6 Å².